The Hall–Kier alpha value is -0.570. The van der Waals surface area contributed by atoms with Gasteiger partial charge in [-0.05, 0) is 19.5 Å². The van der Waals surface area contributed by atoms with Crippen molar-refractivity contribution in [2.45, 2.75) is 12.5 Å². The summed E-state index contributed by atoms with van der Waals surface area (Å²) in [6.07, 6.45) is 2.17. The van der Waals surface area contributed by atoms with Crippen LogP contribution in [0.25, 0.3) is 0 Å². The minimum absolute atomic E-state index is 0.282. The van der Waals surface area contributed by atoms with E-state index in [4.69, 9.17) is 0 Å². The van der Waals surface area contributed by atoms with Crippen molar-refractivity contribution in [2.75, 3.05) is 13.7 Å². The van der Waals surface area contributed by atoms with Gasteiger partial charge in [0.15, 0.2) is 0 Å². The molecule has 3 heteroatoms. The lowest BCUT2D eigenvalue weighted by atomic mass is 10.2. The maximum absolute atomic E-state index is 12.1. The van der Waals surface area contributed by atoms with Crippen LogP contribution in [0.3, 0.4) is 0 Å². The van der Waals surface area contributed by atoms with Gasteiger partial charge in [-0.2, -0.15) is 4.39 Å². The molecule has 2 nitrogen and oxygen atoms in total. The molecule has 1 aliphatic rings. The molecular weight excluding hydrogens is 121 g/mol. The molecule has 0 bridgehead atoms. The topological polar surface area (TPSA) is 21.3 Å². The highest BCUT2D eigenvalue weighted by Gasteiger charge is 2.11. The zero-order valence-electron chi connectivity index (χ0n) is 5.36. The lowest BCUT2D eigenvalue weighted by Gasteiger charge is -2.18. The molecule has 0 spiro atoms. The van der Waals surface area contributed by atoms with E-state index in [0.717, 1.165) is 6.42 Å². The molecule has 1 rings (SSSR count). The quantitative estimate of drug-likeness (QED) is 0.568. The number of hydrogen-bond acceptors (Lipinski definition) is 2. The summed E-state index contributed by atoms with van der Waals surface area (Å²) in [4.78, 5) is 0. The van der Waals surface area contributed by atoms with Crippen LogP contribution in [0.4, 0.5) is 4.39 Å². The highest BCUT2D eigenvalue weighted by Crippen LogP contribution is 2.10. The van der Waals surface area contributed by atoms with Crippen molar-refractivity contribution in [1.29, 1.82) is 0 Å². The minimum atomic E-state index is -0.443. The van der Waals surface area contributed by atoms with Gasteiger partial charge < -0.3 is 10.1 Å². The third kappa shape index (κ3) is 1.68. The summed E-state index contributed by atoms with van der Waals surface area (Å²) >= 11 is 0. The van der Waals surface area contributed by atoms with Crippen molar-refractivity contribution in [1.82, 2.24) is 5.32 Å². The number of rotatable bonds is 1. The van der Waals surface area contributed by atoms with Crippen LogP contribution in [0.15, 0.2) is 12.1 Å². The Balaban J connectivity index is 2.36. The summed E-state index contributed by atoms with van der Waals surface area (Å²) in [7, 11) is 1.84. The van der Waals surface area contributed by atoms with Crippen molar-refractivity contribution in [3.05, 3.63) is 12.1 Å². The summed E-state index contributed by atoms with van der Waals surface area (Å²) in [6.45, 7) is 0.443. The monoisotopic (exact) mass is 131 g/mol. The van der Waals surface area contributed by atoms with Crippen LogP contribution in [0, 0.1) is 0 Å². The maximum atomic E-state index is 12.1. The number of nitrogens with one attached hydrogen (secondary N) is 1. The van der Waals surface area contributed by atoms with Gasteiger partial charge in [-0.25, -0.2) is 0 Å². The van der Waals surface area contributed by atoms with Crippen molar-refractivity contribution < 1.29 is 9.13 Å². The van der Waals surface area contributed by atoms with E-state index in [9.17, 15) is 4.39 Å². The molecule has 0 aromatic heterocycles. The van der Waals surface area contributed by atoms with Crippen LogP contribution in [0.5, 0.6) is 0 Å². The minimum Gasteiger partial charge on any atom is -0.469 e. The molecule has 0 saturated carbocycles. The van der Waals surface area contributed by atoms with Gasteiger partial charge in [0.25, 0.3) is 6.01 Å². The fourth-order valence-electron chi connectivity index (χ4n) is 0.743. The second kappa shape index (κ2) is 2.82. The highest BCUT2D eigenvalue weighted by molar-refractivity contribution is 4.91. The molecule has 1 atom stereocenters. The molecule has 0 aliphatic carbocycles. The Morgan fingerprint density at radius 1 is 1.89 bits per heavy atom. The van der Waals surface area contributed by atoms with Crippen LogP contribution in [-0.4, -0.2) is 19.7 Å². The Labute approximate surface area is 53.7 Å². The first-order valence-corrected chi connectivity index (χ1v) is 2.98. The molecule has 0 aromatic carbocycles. The molecule has 0 saturated heterocycles. The predicted molar refractivity (Wildman–Crippen MR) is 32.6 cm³/mol. The summed E-state index contributed by atoms with van der Waals surface area (Å²) in [5.74, 6) is 0. The highest BCUT2D eigenvalue weighted by atomic mass is 19.1. The van der Waals surface area contributed by atoms with Crippen molar-refractivity contribution in [3.8, 4) is 0 Å². The van der Waals surface area contributed by atoms with Crippen LogP contribution < -0.4 is 5.32 Å². The summed E-state index contributed by atoms with van der Waals surface area (Å²) in [5.41, 5.74) is 0. The predicted octanol–water partition coefficient (Wildman–Crippen LogP) is 0.806. The molecule has 9 heavy (non-hydrogen) atoms. The van der Waals surface area contributed by atoms with Gasteiger partial charge in [0.05, 0.1) is 0 Å². The van der Waals surface area contributed by atoms with Gasteiger partial charge in [0.1, 0.15) is 6.61 Å². The van der Waals surface area contributed by atoms with E-state index in [2.05, 4.69) is 10.1 Å². The first-order chi connectivity index (χ1) is 4.33. The molecule has 1 unspecified atom stereocenters. The van der Waals surface area contributed by atoms with E-state index in [-0.39, 0.29) is 6.04 Å². The molecule has 1 N–H and O–H groups in total. The summed E-state index contributed by atoms with van der Waals surface area (Å²) in [5, 5.41) is 2.99. The lowest BCUT2D eigenvalue weighted by molar-refractivity contribution is 0.109. The standard InChI is InChI=1S/C6H10FNO/c1-8-5-2-3-6(7)9-4-5/h3,5,8H,2,4H2,1H3. The van der Waals surface area contributed by atoms with Gasteiger partial charge >= 0.3 is 0 Å². The van der Waals surface area contributed by atoms with E-state index >= 15 is 0 Å². The molecular formula is C6H10FNO. The smallest absolute Gasteiger partial charge is 0.268 e. The van der Waals surface area contributed by atoms with Crippen LogP contribution in [0.1, 0.15) is 6.42 Å². The van der Waals surface area contributed by atoms with Gasteiger partial charge in [-0.3, -0.25) is 0 Å². The first-order valence-electron chi connectivity index (χ1n) is 2.98. The number of likely N-dealkylation sites (N-methyl/N-ethyl adjacent to an activating group) is 1. The first kappa shape index (κ1) is 6.55. The second-order valence-electron chi connectivity index (χ2n) is 2.04. The Morgan fingerprint density at radius 2 is 2.67 bits per heavy atom. The fourth-order valence-corrected chi connectivity index (χ4v) is 0.743. The largest absolute Gasteiger partial charge is 0.469 e. The molecule has 0 fully saturated rings. The van der Waals surface area contributed by atoms with E-state index in [1.54, 1.807) is 0 Å². The normalized spacial score (nSPS) is 26.9. The van der Waals surface area contributed by atoms with Crippen LogP contribution >= 0.6 is 0 Å². The van der Waals surface area contributed by atoms with Gasteiger partial charge in [0.2, 0.25) is 0 Å². The van der Waals surface area contributed by atoms with Crippen molar-refractivity contribution in [2.24, 2.45) is 0 Å². The van der Waals surface area contributed by atoms with Gasteiger partial charge in [0, 0.05) is 6.04 Å². The third-order valence-electron chi connectivity index (χ3n) is 1.39. The lowest BCUT2D eigenvalue weighted by Crippen LogP contribution is -2.31. The van der Waals surface area contributed by atoms with Crippen LogP contribution in [-0.2, 0) is 4.74 Å². The van der Waals surface area contributed by atoms with Crippen LogP contribution in [0.2, 0.25) is 0 Å². The molecule has 0 radical (unpaired) electrons. The van der Waals surface area contributed by atoms with E-state index in [0.29, 0.717) is 6.61 Å². The molecule has 52 valence electrons. The van der Waals surface area contributed by atoms with Gasteiger partial charge in [-0.1, -0.05) is 0 Å². The Kier molecular flexibility index (Phi) is 2.05. The van der Waals surface area contributed by atoms with E-state index in [1.807, 2.05) is 7.05 Å². The van der Waals surface area contributed by atoms with Crippen molar-refractivity contribution in [3.63, 3.8) is 0 Å². The molecule has 0 aromatic rings. The van der Waals surface area contributed by atoms with Gasteiger partial charge in [-0.15, -0.1) is 0 Å². The Morgan fingerprint density at radius 3 is 3.11 bits per heavy atom. The average molecular weight is 131 g/mol. The average Bonchev–Trinajstić information content (AvgIpc) is 1.90. The number of hydrogen-bond donors (Lipinski definition) is 1. The zero-order valence-corrected chi connectivity index (χ0v) is 5.36. The van der Waals surface area contributed by atoms with E-state index in [1.165, 1.54) is 6.08 Å². The fraction of sp³-hybridized carbons (Fsp3) is 0.667. The molecule has 1 heterocycles. The summed E-state index contributed by atoms with van der Waals surface area (Å²) in [6, 6.07) is -0.161. The summed E-state index contributed by atoms with van der Waals surface area (Å²) < 4.78 is 16.7. The molecule has 1 aliphatic heterocycles. The zero-order chi connectivity index (χ0) is 6.69. The second-order valence-corrected chi connectivity index (χ2v) is 2.04. The number of ether oxygens (including phenoxy) is 1. The SMILES string of the molecule is CNC1CC=C(F)OC1. The van der Waals surface area contributed by atoms with Crippen molar-refractivity contribution >= 4 is 0 Å². The van der Waals surface area contributed by atoms with E-state index < -0.39 is 6.01 Å². The third-order valence-corrected chi connectivity index (χ3v) is 1.39. The Bertz CT molecular complexity index is 124. The molecule has 0 amide bonds. The number of halogens is 1. The maximum Gasteiger partial charge on any atom is 0.268 e.